The Hall–Kier alpha value is -2.29. The van der Waals surface area contributed by atoms with Gasteiger partial charge in [-0.25, -0.2) is 8.42 Å². The molecule has 2 heterocycles. The molecule has 0 atom stereocenters. The quantitative estimate of drug-likeness (QED) is 0.739. The van der Waals surface area contributed by atoms with Gasteiger partial charge in [0.05, 0.1) is 18.1 Å². The highest BCUT2D eigenvalue weighted by Crippen LogP contribution is 2.31. The lowest BCUT2D eigenvalue weighted by Crippen LogP contribution is -2.50. The lowest BCUT2D eigenvalue weighted by molar-refractivity contribution is 0.0697. The first-order valence-corrected chi connectivity index (χ1v) is 11.2. The summed E-state index contributed by atoms with van der Waals surface area (Å²) >= 11 is 5.84. The van der Waals surface area contributed by atoms with E-state index in [1.807, 2.05) is 0 Å². The second kappa shape index (κ2) is 8.22. The number of benzene rings is 2. The molecule has 7 nitrogen and oxygen atoms in total. The molecule has 9 heteroatoms. The van der Waals surface area contributed by atoms with E-state index in [-0.39, 0.29) is 23.9 Å². The maximum Gasteiger partial charge on any atom is 0.254 e. The van der Waals surface area contributed by atoms with Crippen LogP contribution in [0.5, 0.6) is 11.5 Å². The van der Waals surface area contributed by atoms with Crippen molar-refractivity contribution in [2.45, 2.75) is 11.3 Å². The number of fused-ring (bicyclic) bond motifs is 1. The van der Waals surface area contributed by atoms with Crippen LogP contribution in [-0.4, -0.2) is 62.9 Å². The minimum Gasteiger partial charge on any atom is -0.490 e. The van der Waals surface area contributed by atoms with Crippen molar-refractivity contribution in [1.29, 1.82) is 0 Å². The lowest BCUT2D eigenvalue weighted by atomic mass is 10.1. The monoisotopic (exact) mass is 436 g/mol. The van der Waals surface area contributed by atoms with Crippen LogP contribution in [0.25, 0.3) is 0 Å². The van der Waals surface area contributed by atoms with Crippen molar-refractivity contribution in [1.82, 2.24) is 9.21 Å². The van der Waals surface area contributed by atoms with E-state index in [9.17, 15) is 13.2 Å². The number of hydrogen-bond acceptors (Lipinski definition) is 5. The molecule has 1 saturated heterocycles. The Bertz CT molecular complexity index is 1000. The molecule has 0 aromatic heterocycles. The summed E-state index contributed by atoms with van der Waals surface area (Å²) in [6.45, 7) is 2.25. The largest absolute Gasteiger partial charge is 0.490 e. The van der Waals surface area contributed by atoms with Crippen LogP contribution in [0.4, 0.5) is 0 Å². The summed E-state index contributed by atoms with van der Waals surface area (Å²) in [5, 5.41) is 0.481. The van der Waals surface area contributed by atoms with E-state index in [1.54, 1.807) is 35.2 Å². The minimum absolute atomic E-state index is 0.149. The predicted molar refractivity (Wildman–Crippen MR) is 108 cm³/mol. The molecule has 2 aromatic carbocycles. The van der Waals surface area contributed by atoms with E-state index in [2.05, 4.69) is 0 Å². The van der Waals surface area contributed by atoms with Crippen molar-refractivity contribution in [2.75, 3.05) is 39.4 Å². The number of sulfonamides is 1. The van der Waals surface area contributed by atoms with Gasteiger partial charge < -0.3 is 14.4 Å². The summed E-state index contributed by atoms with van der Waals surface area (Å²) in [6.07, 6.45) is 0.794. The van der Waals surface area contributed by atoms with Crippen LogP contribution in [0.3, 0.4) is 0 Å². The van der Waals surface area contributed by atoms with Crippen LogP contribution >= 0.6 is 11.6 Å². The number of hydrogen-bond donors (Lipinski definition) is 0. The van der Waals surface area contributed by atoms with Gasteiger partial charge in [0.1, 0.15) is 0 Å². The second-order valence-electron chi connectivity index (χ2n) is 6.86. The molecule has 0 unspecified atom stereocenters. The molecule has 2 aliphatic rings. The number of ether oxygens (including phenoxy) is 2. The lowest BCUT2D eigenvalue weighted by Gasteiger charge is -2.34. The Morgan fingerprint density at radius 2 is 1.55 bits per heavy atom. The van der Waals surface area contributed by atoms with Crippen LogP contribution in [0.2, 0.25) is 5.02 Å². The van der Waals surface area contributed by atoms with Gasteiger partial charge in [-0.05, 0) is 42.5 Å². The molecule has 2 aromatic rings. The third-order valence-corrected chi connectivity index (χ3v) is 7.14. The van der Waals surface area contributed by atoms with Crippen molar-refractivity contribution < 1.29 is 22.7 Å². The maximum absolute atomic E-state index is 12.9. The molecule has 0 aliphatic carbocycles. The van der Waals surface area contributed by atoms with Crippen LogP contribution < -0.4 is 9.47 Å². The standard InChI is InChI=1S/C20H21ClN2O5S/c21-16-3-5-17(6-4-16)29(25,26)23-10-8-22(9-11-23)20(24)15-2-7-18-19(14-15)28-13-1-12-27-18/h2-7,14H,1,8-13H2. The van der Waals surface area contributed by atoms with E-state index in [0.29, 0.717) is 48.4 Å². The van der Waals surface area contributed by atoms with Crippen LogP contribution in [-0.2, 0) is 10.0 Å². The number of nitrogens with zero attached hydrogens (tertiary/aromatic N) is 2. The molecule has 1 fully saturated rings. The highest BCUT2D eigenvalue weighted by Gasteiger charge is 2.30. The summed E-state index contributed by atoms with van der Waals surface area (Å²) in [5.74, 6) is 1.06. The molecular weight excluding hydrogens is 416 g/mol. The van der Waals surface area contributed by atoms with Crippen molar-refractivity contribution >= 4 is 27.5 Å². The highest BCUT2D eigenvalue weighted by molar-refractivity contribution is 7.89. The number of amides is 1. The number of halogens is 1. The number of piperazine rings is 1. The molecule has 0 bridgehead atoms. The molecule has 1 amide bonds. The summed E-state index contributed by atoms with van der Waals surface area (Å²) in [5.41, 5.74) is 0.503. The maximum atomic E-state index is 12.9. The van der Waals surface area contributed by atoms with Crippen molar-refractivity contribution in [3.05, 3.63) is 53.1 Å². The van der Waals surface area contributed by atoms with Crippen LogP contribution in [0.15, 0.2) is 47.4 Å². The van der Waals surface area contributed by atoms with Gasteiger partial charge in [-0.1, -0.05) is 11.6 Å². The fourth-order valence-electron chi connectivity index (χ4n) is 3.37. The van der Waals surface area contributed by atoms with Gasteiger partial charge in [-0.15, -0.1) is 0 Å². The zero-order valence-electron chi connectivity index (χ0n) is 15.7. The van der Waals surface area contributed by atoms with Gasteiger partial charge in [-0.2, -0.15) is 4.31 Å². The molecule has 0 saturated carbocycles. The van der Waals surface area contributed by atoms with E-state index in [1.165, 1.54) is 16.4 Å². The normalized spacial score (nSPS) is 17.6. The average Bonchev–Trinajstić information content (AvgIpc) is 2.98. The zero-order chi connectivity index (χ0) is 20.4. The fourth-order valence-corrected chi connectivity index (χ4v) is 4.91. The van der Waals surface area contributed by atoms with Gasteiger partial charge in [0.25, 0.3) is 5.91 Å². The number of carbonyl (C=O) groups excluding carboxylic acids is 1. The first-order chi connectivity index (χ1) is 13.9. The Kier molecular flexibility index (Phi) is 5.67. The molecule has 4 rings (SSSR count). The Labute approximate surface area is 174 Å². The second-order valence-corrected chi connectivity index (χ2v) is 9.24. The molecule has 0 spiro atoms. The van der Waals surface area contributed by atoms with Crippen molar-refractivity contribution in [3.63, 3.8) is 0 Å². The van der Waals surface area contributed by atoms with E-state index < -0.39 is 10.0 Å². The third-order valence-electron chi connectivity index (χ3n) is 4.97. The van der Waals surface area contributed by atoms with E-state index >= 15 is 0 Å². The zero-order valence-corrected chi connectivity index (χ0v) is 17.3. The fraction of sp³-hybridized carbons (Fsp3) is 0.350. The molecular formula is C20H21ClN2O5S. The molecule has 2 aliphatic heterocycles. The number of rotatable bonds is 3. The van der Waals surface area contributed by atoms with Gasteiger partial charge in [0, 0.05) is 43.2 Å². The van der Waals surface area contributed by atoms with Gasteiger partial charge in [0.2, 0.25) is 10.0 Å². The van der Waals surface area contributed by atoms with Crippen molar-refractivity contribution in [3.8, 4) is 11.5 Å². The first-order valence-electron chi connectivity index (χ1n) is 9.40. The topological polar surface area (TPSA) is 76.2 Å². The predicted octanol–water partition coefficient (Wildman–Crippen LogP) is 2.65. The Morgan fingerprint density at radius 3 is 2.24 bits per heavy atom. The summed E-state index contributed by atoms with van der Waals surface area (Å²) < 4.78 is 38.2. The number of carbonyl (C=O) groups is 1. The van der Waals surface area contributed by atoms with Crippen molar-refractivity contribution in [2.24, 2.45) is 0 Å². The molecule has 154 valence electrons. The minimum atomic E-state index is -3.61. The summed E-state index contributed by atoms with van der Waals surface area (Å²) in [7, 11) is -3.61. The molecule has 0 N–H and O–H groups in total. The van der Waals surface area contributed by atoms with Crippen LogP contribution in [0, 0.1) is 0 Å². The molecule has 0 radical (unpaired) electrons. The Balaban J connectivity index is 1.43. The third kappa shape index (κ3) is 4.19. The van der Waals surface area contributed by atoms with Gasteiger partial charge in [-0.3, -0.25) is 4.79 Å². The summed E-state index contributed by atoms with van der Waals surface area (Å²) in [4.78, 5) is 14.7. The van der Waals surface area contributed by atoms with Gasteiger partial charge >= 0.3 is 0 Å². The average molecular weight is 437 g/mol. The van der Waals surface area contributed by atoms with Gasteiger partial charge in [0.15, 0.2) is 11.5 Å². The summed E-state index contributed by atoms with van der Waals surface area (Å²) in [6, 6.07) is 11.2. The van der Waals surface area contributed by atoms with E-state index in [4.69, 9.17) is 21.1 Å². The first kappa shape index (κ1) is 20.0. The van der Waals surface area contributed by atoms with E-state index in [0.717, 1.165) is 6.42 Å². The smallest absolute Gasteiger partial charge is 0.254 e. The Morgan fingerprint density at radius 1 is 0.897 bits per heavy atom. The SMILES string of the molecule is O=C(c1ccc2c(c1)OCCCO2)N1CCN(S(=O)(=O)c2ccc(Cl)cc2)CC1. The highest BCUT2D eigenvalue weighted by atomic mass is 35.5. The molecule has 29 heavy (non-hydrogen) atoms. The van der Waals surface area contributed by atoms with Crippen LogP contribution in [0.1, 0.15) is 16.8 Å².